The van der Waals surface area contributed by atoms with E-state index in [0.717, 1.165) is 38.2 Å². The van der Waals surface area contributed by atoms with Crippen LogP contribution in [0.5, 0.6) is 0 Å². The highest BCUT2D eigenvalue weighted by Gasteiger charge is 2.24. The molecular weight excluding hydrogens is 287 g/mol. The number of hydrogen-bond donors (Lipinski definition) is 1. The fraction of sp³-hybridized carbons (Fsp3) is 0.562. The molecule has 1 N–H and O–H groups in total. The molecule has 5 heteroatoms. The average molecular weight is 310 g/mol. The molecule has 1 fully saturated rings. The minimum absolute atomic E-state index is 0.0594. The molecule has 3 nitrogen and oxygen atoms in total. The van der Waals surface area contributed by atoms with Crippen molar-refractivity contribution < 1.29 is 9.18 Å². The van der Waals surface area contributed by atoms with E-state index >= 15 is 0 Å². The molecule has 1 aromatic carbocycles. The Morgan fingerprint density at radius 1 is 1.33 bits per heavy atom. The summed E-state index contributed by atoms with van der Waals surface area (Å²) in [5.74, 6) is 2.18. The summed E-state index contributed by atoms with van der Waals surface area (Å²) in [6, 6.07) is 5.93. The topological polar surface area (TPSA) is 32.3 Å². The van der Waals surface area contributed by atoms with E-state index in [4.69, 9.17) is 0 Å². The van der Waals surface area contributed by atoms with Gasteiger partial charge in [-0.2, -0.15) is 11.8 Å². The molecule has 0 bridgehead atoms. The quantitative estimate of drug-likeness (QED) is 0.819. The van der Waals surface area contributed by atoms with Gasteiger partial charge in [0, 0.05) is 23.9 Å². The molecule has 0 saturated carbocycles. The van der Waals surface area contributed by atoms with Crippen molar-refractivity contribution in [2.24, 2.45) is 5.92 Å². The van der Waals surface area contributed by atoms with Crippen molar-refractivity contribution >= 4 is 23.4 Å². The fourth-order valence-electron chi connectivity index (χ4n) is 2.53. The van der Waals surface area contributed by atoms with Gasteiger partial charge in [0.05, 0.1) is 0 Å². The number of amides is 1. The van der Waals surface area contributed by atoms with Gasteiger partial charge in [-0.3, -0.25) is 4.79 Å². The van der Waals surface area contributed by atoms with Crippen LogP contribution in [0.25, 0.3) is 0 Å². The monoisotopic (exact) mass is 310 g/mol. The van der Waals surface area contributed by atoms with Crippen LogP contribution in [0, 0.1) is 11.7 Å². The minimum atomic E-state index is -0.286. The van der Waals surface area contributed by atoms with E-state index in [9.17, 15) is 9.18 Å². The molecule has 0 spiro atoms. The molecule has 1 saturated heterocycles. The molecule has 0 unspecified atom stereocenters. The van der Waals surface area contributed by atoms with Crippen LogP contribution in [0.4, 0.5) is 10.1 Å². The predicted molar refractivity (Wildman–Crippen MR) is 87.2 cm³/mol. The second kappa shape index (κ2) is 8.39. The first-order valence-electron chi connectivity index (χ1n) is 7.55. The van der Waals surface area contributed by atoms with Crippen LogP contribution in [0.2, 0.25) is 0 Å². The summed E-state index contributed by atoms with van der Waals surface area (Å²) in [4.78, 5) is 14.6. The van der Waals surface area contributed by atoms with E-state index in [-0.39, 0.29) is 17.6 Å². The third-order valence-electron chi connectivity index (χ3n) is 3.83. The largest absolute Gasteiger partial charge is 0.326 e. The van der Waals surface area contributed by atoms with Crippen LogP contribution in [0.1, 0.15) is 19.8 Å². The Bertz CT molecular complexity index is 444. The summed E-state index contributed by atoms with van der Waals surface area (Å²) in [6.45, 7) is 5.28. The van der Waals surface area contributed by atoms with Crippen molar-refractivity contribution in [2.75, 3.05) is 36.5 Å². The lowest BCUT2D eigenvalue weighted by atomic mass is 9.96. The summed E-state index contributed by atoms with van der Waals surface area (Å²) in [7, 11) is 0. The second-order valence-corrected chi connectivity index (χ2v) is 6.70. The summed E-state index contributed by atoms with van der Waals surface area (Å²) >= 11 is 1.96. The second-order valence-electron chi connectivity index (χ2n) is 5.31. The van der Waals surface area contributed by atoms with Gasteiger partial charge >= 0.3 is 0 Å². The summed E-state index contributed by atoms with van der Waals surface area (Å²) in [6.07, 6.45) is 1.81. The molecule has 0 aliphatic carbocycles. The maximum absolute atomic E-state index is 12.8. The van der Waals surface area contributed by atoms with Gasteiger partial charge in [-0.05, 0) is 55.9 Å². The van der Waals surface area contributed by atoms with Gasteiger partial charge in [-0.1, -0.05) is 6.92 Å². The predicted octanol–water partition coefficient (Wildman–Crippen LogP) is 3.23. The van der Waals surface area contributed by atoms with Gasteiger partial charge in [-0.15, -0.1) is 0 Å². The highest BCUT2D eigenvalue weighted by Crippen LogP contribution is 2.20. The Kier molecular flexibility index (Phi) is 6.51. The molecule has 1 aromatic rings. The van der Waals surface area contributed by atoms with Crippen LogP contribution in [0.3, 0.4) is 0 Å². The third-order valence-corrected chi connectivity index (χ3v) is 4.71. The van der Waals surface area contributed by atoms with Gasteiger partial charge < -0.3 is 10.2 Å². The van der Waals surface area contributed by atoms with E-state index in [1.54, 1.807) is 12.1 Å². The SMILES string of the molecule is CCSCCN1CCC(C(=O)Nc2ccc(F)cc2)CC1. The number of benzene rings is 1. The van der Waals surface area contributed by atoms with E-state index in [1.807, 2.05) is 11.8 Å². The van der Waals surface area contributed by atoms with Gasteiger partial charge in [0.1, 0.15) is 5.82 Å². The van der Waals surface area contributed by atoms with E-state index < -0.39 is 0 Å². The molecule has 1 aliphatic rings. The number of carbonyl (C=O) groups excluding carboxylic acids is 1. The van der Waals surface area contributed by atoms with Crippen molar-refractivity contribution in [3.63, 3.8) is 0 Å². The zero-order valence-corrected chi connectivity index (χ0v) is 13.3. The molecule has 1 aliphatic heterocycles. The molecule has 2 rings (SSSR count). The van der Waals surface area contributed by atoms with Crippen LogP contribution < -0.4 is 5.32 Å². The normalized spacial score (nSPS) is 16.9. The van der Waals surface area contributed by atoms with E-state index in [2.05, 4.69) is 17.1 Å². The van der Waals surface area contributed by atoms with Crippen molar-refractivity contribution in [2.45, 2.75) is 19.8 Å². The first-order chi connectivity index (χ1) is 10.2. The Morgan fingerprint density at radius 2 is 2.00 bits per heavy atom. The lowest BCUT2D eigenvalue weighted by Crippen LogP contribution is -2.39. The van der Waals surface area contributed by atoms with Crippen LogP contribution in [-0.2, 0) is 4.79 Å². The lowest BCUT2D eigenvalue weighted by Gasteiger charge is -2.31. The molecular formula is C16H23FN2OS. The number of halogens is 1. The van der Waals surface area contributed by atoms with Crippen LogP contribution >= 0.6 is 11.8 Å². The summed E-state index contributed by atoms with van der Waals surface area (Å²) < 4.78 is 12.8. The zero-order valence-electron chi connectivity index (χ0n) is 12.5. The fourth-order valence-corrected chi connectivity index (χ4v) is 3.21. The van der Waals surface area contributed by atoms with E-state index in [1.165, 1.54) is 17.9 Å². The zero-order chi connectivity index (χ0) is 15.1. The average Bonchev–Trinajstić information content (AvgIpc) is 2.50. The first-order valence-corrected chi connectivity index (χ1v) is 8.71. The van der Waals surface area contributed by atoms with Crippen molar-refractivity contribution in [1.82, 2.24) is 4.90 Å². The molecule has 116 valence electrons. The van der Waals surface area contributed by atoms with Gasteiger partial charge in [0.25, 0.3) is 0 Å². The smallest absolute Gasteiger partial charge is 0.227 e. The number of carbonyl (C=O) groups is 1. The number of anilines is 1. The number of rotatable bonds is 6. The molecule has 1 amide bonds. The molecule has 1 heterocycles. The van der Waals surface area contributed by atoms with Gasteiger partial charge in [0.2, 0.25) is 5.91 Å². The first kappa shape index (κ1) is 16.3. The number of likely N-dealkylation sites (tertiary alicyclic amines) is 1. The maximum atomic E-state index is 12.8. The Morgan fingerprint density at radius 3 is 2.62 bits per heavy atom. The van der Waals surface area contributed by atoms with Crippen molar-refractivity contribution in [3.8, 4) is 0 Å². The number of thioether (sulfide) groups is 1. The van der Waals surface area contributed by atoms with Crippen molar-refractivity contribution in [1.29, 1.82) is 0 Å². The van der Waals surface area contributed by atoms with E-state index in [0.29, 0.717) is 5.69 Å². The standard InChI is InChI=1S/C16H23FN2OS/c1-2-21-12-11-19-9-7-13(8-10-19)16(20)18-15-5-3-14(17)4-6-15/h3-6,13H,2,7-12H2,1H3,(H,18,20). The Balaban J connectivity index is 1.74. The minimum Gasteiger partial charge on any atom is -0.326 e. The molecule has 0 aromatic heterocycles. The number of nitrogens with zero attached hydrogens (tertiary/aromatic N) is 1. The summed E-state index contributed by atoms with van der Waals surface area (Å²) in [5.41, 5.74) is 0.670. The number of nitrogens with one attached hydrogen (secondary N) is 1. The third kappa shape index (κ3) is 5.32. The highest BCUT2D eigenvalue weighted by atomic mass is 32.2. The molecule has 21 heavy (non-hydrogen) atoms. The van der Waals surface area contributed by atoms with Crippen LogP contribution in [-0.4, -0.2) is 41.9 Å². The number of piperidine rings is 1. The summed E-state index contributed by atoms with van der Waals surface area (Å²) in [5, 5.41) is 2.88. The van der Waals surface area contributed by atoms with Crippen molar-refractivity contribution in [3.05, 3.63) is 30.1 Å². The number of hydrogen-bond acceptors (Lipinski definition) is 3. The molecule has 0 radical (unpaired) electrons. The lowest BCUT2D eigenvalue weighted by molar-refractivity contribution is -0.121. The van der Waals surface area contributed by atoms with Gasteiger partial charge in [-0.25, -0.2) is 4.39 Å². The van der Waals surface area contributed by atoms with Crippen LogP contribution in [0.15, 0.2) is 24.3 Å². The Labute approximate surface area is 130 Å². The maximum Gasteiger partial charge on any atom is 0.227 e. The highest BCUT2D eigenvalue weighted by molar-refractivity contribution is 7.99. The van der Waals surface area contributed by atoms with Gasteiger partial charge in [0.15, 0.2) is 0 Å². The molecule has 0 atom stereocenters. The Hall–Kier alpha value is -1.07.